The summed E-state index contributed by atoms with van der Waals surface area (Å²) < 4.78 is 20.2. The number of phenolic OH excluding ortho intramolecular Hbond substituents is 1. The summed E-state index contributed by atoms with van der Waals surface area (Å²) >= 11 is 0. The number of hydrogen-bond donors (Lipinski definition) is 1. The quantitative estimate of drug-likeness (QED) is 0.792. The molecule has 1 heterocycles. The fourth-order valence-corrected chi connectivity index (χ4v) is 1.79. The van der Waals surface area contributed by atoms with Crippen LogP contribution in [-0.4, -0.2) is 14.9 Å². The van der Waals surface area contributed by atoms with Crippen molar-refractivity contribution in [3.05, 3.63) is 66.7 Å². The van der Waals surface area contributed by atoms with Gasteiger partial charge in [0.25, 0.3) is 0 Å². The smallest absolute Gasteiger partial charge is 0.169 e. The summed E-state index contributed by atoms with van der Waals surface area (Å²) in [4.78, 5) is 0. The second-order valence-electron chi connectivity index (χ2n) is 4.17. The zero-order valence-electron chi connectivity index (χ0n) is 10.4. The Morgan fingerprint density at radius 1 is 1.10 bits per heavy atom. The van der Waals surface area contributed by atoms with Crippen LogP contribution >= 0.6 is 0 Å². The Bertz CT molecular complexity index is 740. The summed E-state index contributed by atoms with van der Waals surface area (Å²) in [5.41, 5.74) is 0.595. The highest BCUT2D eigenvalue weighted by atomic mass is 19.1. The van der Waals surface area contributed by atoms with Gasteiger partial charge in [0.1, 0.15) is 5.82 Å². The van der Waals surface area contributed by atoms with Gasteiger partial charge in [-0.1, -0.05) is 18.2 Å². The number of aromatic nitrogens is 2. The van der Waals surface area contributed by atoms with E-state index in [-0.39, 0.29) is 11.6 Å². The van der Waals surface area contributed by atoms with E-state index in [4.69, 9.17) is 4.74 Å². The third-order valence-corrected chi connectivity index (χ3v) is 2.72. The number of rotatable bonds is 3. The van der Waals surface area contributed by atoms with E-state index in [0.717, 1.165) is 0 Å². The molecule has 0 saturated heterocycles. The van der Waals surface area contributed by atoms with Gasteiger partial charge in [0.05, 0.1) is 18.1 Å². The molecule has 0 saturated carbocycles. The third-order valence-electron chi connectivity index (χ3n) is 2.72. The number of phenols is 1. The predicted molar refractivity (Wildman–Crippen MR) is 71.7 cm³/mol. The van der Waals surface area contributed by atoms with Crippen molar-refractivity contribution in [1.29, 1.82) is 0 Å². The van der Waals surface area contributed by atoms with Crippen LogP contribution in [0.15, 0.2) is 60.9 Å². The minimum Gasteiger partial charge on any atom is -0.504 e. The van der Waals surface area contributed by atoms with E-state index < -0.39 is 0 Å². The summed E-state index contributed by atoms with van der Waals surface area (Å²) in [5.74, 6) is 0.509. The van der Waals surface area contributed by atoms with Crippen LogP contribution in [0.5, 0.6) is 17.2 Å². The molecule has 1 N–H and O–H groups in total. The maximum Gasteiger partial charge on any atom is 0.169 e. The van der Waals surface area contributed by atoms with Crippen molar-refractivity contribution in [3.63, 3.8) is 0 Å². The van der Waals surface area contributed by atoms with Gasteiger partial charge in [-0.05, 0) is 30.3 Å². The number of aromatic hydroxyl groups is 1. The van der Waals surface area contributed by atoms with Crippen LogP contribution in [0, 0.1) is 5.82 Å². The molecule has 2 aromatic carbocycles. The van der Waals surface area contributed by atoms with E-state index in [0.29, 0.717) is 17.2 Å². The summed E-state index contributed by atoms with van der Waals surface area (Å²) in [6.45, 7) is 0. The molecular formula is C15H11FN2O2. The Morgan fingerprint density at radius 3 is 2.75 bits per heavy atom. The zero-order valence-corrected chi connectivity index (χ0v) is 10.4. The molecule has 4 nitrogen and oxygen atoms in total. The third kappa shape index (κ3) is 2.47. The van der Waals surface area contributed by atoms with Crippen LogP contribution in [-0.2, 0) is 0 Å². The summed E-state index contributed by atoms with van der Waals surface area (Å²) in [7, 11) is 0. The van der Waals surface area contributed by atoms with Crippen molar-refractivity contribution in [1.82, 2.24) is 9.78 Å². The molecule has 0 aliphatic heterocycles. The maximum atomic E-state index is 13.2. The first kappa shape index (κ1) is 12.2. The molecule has 0 aliphatic carbocycles. The molecule has 0 amide bonds. The van der Waals surface area contributed by atoms with Gasteiger partial charge in [-0.15, -0.1) is 0 Å². The van der Waals surface area contributed by atoms with Gasteiger partial charge < -0.3 is 9.84 Å². The largest absolute Gasteiger partial charge is 0.504 e. The van der Waals surface area contributed by atoms with E-state index in [2.05, 4.69) is 5.10 Å². The van der Waals surface area contributed by atoms with E-state index in [9.17, 15) is 9.50 Å². The number of hydrogen-bond acceptors (Lipinski definition) is 3. The topological polar surface area (TPSA) is 47.3 Å². The molecule has 0 spiro atoms. The second kappa shape index (κ2) is 5.05. The lowest BCUT2D eigenvalue weighted by Crippen LogP contribution is -1.94. The lowest BCUT2D eigenvalue weighted by Gasteiger charge is -2.04. The molecule has 20 heavy (non-hydrogen) atoms. The summed E-state index contributed by atoms with van der Waals surface area (Å²) in [6.07, 6.45) is 3.11. The van der Waals surface area contributed by atoms with Crippen molar-refractivity contribution in [3.8, 4) is 22.9 Å². The number of nitrogens with zero attached hydrogens (tertiary/aromatic N) is 2. The highest BCUT2D eigenvalue weighted by Crippen LogP contribution is 2.29. The SMILES string of the molecule is Oc1ccccc1Oc1cnn(-c2cccc(F)c2)c1. The molecule has 100 valence electrons. The zero-order chi connectivity index (χ0) is 13.9. The first-order chi connectivity index (χ1) is 9.72. The lowest BCUT2D eigenvalue weighted by atomic mass is 10.3. The molecule has 0 aliphatic rings. The molecule has 5 heteroatoms. The van der Waals surface area contributed by atoms with Crippen molar-refractivity contribution < 1.29 is 14.2 Å². The van der Waals surface area contributed by atoms with Crippen molar-refractivity contribution in [2.45, 2.75) is 0 Å². The highest BCUT2D eigenvalue weighted by molar-refractivity contribution is 5.41. The molecule has 3 rings (SSSR count). The normalized spacial score (nSPS) is 10.4. The lowest BCUT2D eigenvalue weighted by molar-refractivity contribution is 0.411. The molecule has 1 aromatic heterocycles. The Balaban J connectivity index is 1.86. The fraction of sp³-hybridized carbons (Fsp3) is 0. The number of ether oxygens (including phenoxy) is 1. The van der Waals surface area contributed by atoms with Gasteiger partial charge in [0.15, 0.2) is 17.2 Å². The molecule has 0 fully saturated rings. The van der Waals surface area contributed by atoms with Gasteiger partial charge in [-0.2, -0.15) is 5.10 Å². The Hall–Kier alpha value is -2.82. The van der Waals surface area contributed by atoms with E-state index in [1.165, 1.54) is 29.1 Å². The van der Waals surface area contributed by atoms with Gasteiger partial charge in [-0.3, -0.25) is 0 Å². The van der Waals surface area contributed by atoms with E-state index >= 15 is 0 Å². The number of benzene rings is 2. The van der Waals surface area contributed by atoms with E-state index in [1.807, 2.05) is 0 Å². The van der Waals surface area contributed by atoms with Gasteiger partial charge >= 0.3 is 0 Å². The van der Waals surface area contributed by atoms with Crippen LogP contribution in [0.1, 0.15) is 0 Å². The van der Waals surface area contributed by atoms with Gasteiger partial charge in [-0.25, -0.2) is 9.07 Å². The summed E-state index contributed by atoms with van der Waals surface area (Å²) in [6, 6.07) is 12.7. The Kier molecular flexibility index (Phi) is 3.09. The van der Waals surface area contributed by atoms with Gasteiger partial charge in [0, 0.05) is 0 Å². The fourth-order valence-electron chi connectivity index (χ4n) is 1.79. The Labute approximate surface area is 114 Å². The Morgan fingerprint density at radius 2 is 1.95 bits per heavy atom. The minimum atomic E-state index is -0.332. The first-order valence-corrected chi connectivity index (χ1v) is 5.99. The van der Waals surface area contributed by atoms with Crippen molar-refractivity contribution in [2.75, 3.05) is 0 Å². The van der Waals surface area contributed by atoms with Crippen LogP contribution < -0.4 is 4.74 Å². The van der Waals surface area contributed by atoms with Crippen LogP contribution in [0.2, 0.25) is 0 Å². The summed E-state index contributed by atoms with van der Waals surface area (Å²) in [5, 5.41) is 13.7. The molecule has 0 unspecified atom stereocenters. The highest BCUT2D eigenvalue weighted by Gasteiger charge is 2.06. The molecule has 3 aromatic rings. The van der Waals surface area contributed by atoms with Crippen LogP contribution in [0.3, 0.4) is 0 Å². The van der Waals surface area contributed by atoms with Crippen molar-refractivity contribution in [2.24, 2.45) is 0 Å². The monoisotopic (exact) mass is 270 g/mol. The maximum absolute atomic E-state index is 13.2. The van der Waals surface area contributed by atoms with Gasteiger partial charge in [0.2, 0.25) is 0 Å². The number of halogens is 1. The van der Waals surface area contributed by atoms with Crippen molar-refractivity contribution >= 4 is 0 Å². The van der Waals surface area contributed by atoms with Crippen LogP contribution in [0.4, 0.5) is 4.39 Å². The average Bonchev–Trinajstić information content (AvgIpc) is 2.90. The minimum absolute atomic E-state index is 0.0472. The van der Waals surface area contributed by atoms with Crippen LogP contribution in [0.25, 0.3) is 5.69 Å². The van der Waals surface area contributed by atoms with E-state index in [1.54, 1.807) is 36.5 Å². The first-order valence-electron chi connectivity index (χ1n) is 5.99. The standard InChI is InChI=1S/C15H11FN2O2/c16-11-4-3-5-12(8-11)18-10-13(9-17-18)20-15-7-2-1-6-14(15)19/h1-10,19H. The second-order valence-corrected chi connectivity index (χ2v) is 4.17. The number of para-hydroxylation sites is 2. The predicted octanol–water partition coefficient (Wildman–Crippen LogP) is 3.51. The molecule has 0 radical (unpaired) electrons. The molecule has 0 bridgehead atoms. The molecule has 0 atom stereocenters. The average molecular weight is 270 g/mol. The molecular weight excluding hydrogens is 259 g/mol.